The quantitative estimate of drug-likeness (QED) is 0.845. The molecule has 3 heterocycles. The Hall–Kier alpha value is -2.82. The van der Waals surface area contributed by atoms with Crippen LogP contribution in [0.3, 0.4) is 0 Å². The monoisotopic (exact) mass is 348 g/mol. The molecular weight excluding hydrogens is 324 g/mol. The molecular formula is C21H24N4O. The van der Waals surface area contributed by atoms with Crippen molar-refractivity contribution in [3.05, 3.63) is 60.6 Å². The Morgan fingerprint density at radius 1 is 0.962 bits per heavy atom. The molecule has 0 unspecified atom stereocenters. The zero-order chi connectivity index (χ0) is 17.8. The highest BCUT2D eigenvalue weighted by Crippen LogP contribution is 2.30. The summed E-state index contributed by atoms with van der Waals surface area (Å²) in [6.07, 6.45) is 12.7. The van der Waals surface area contributed by atoms with Crippen molar-refractivity contribution < 1.29 is 4.74 Å². The lowest BCUT2D eigenvalue weighted by Gasteiger charge is -2.38. The number of aromatic nitrogens is 2. The number of rotatable bonds is 4. The van der Waals surface area contributed by atoms with Gasteiger partial charge < -0.3 is 14.5 Å². The highest BCUT2D eigenvalue weighted by molar-refractivity contribution is 5.80. The first kappa shape index (κ1) is 16.6. The SMILES string of the molecule is COc1cc(N2CCN(c3cccnc3C3=CCCC=C3)CC2)ccn1. The van der Waals surface area contributed by atoms with Gasteiger partial charge >= 0.3 is 0 Å². The van der Waals surface area contributed by atoms with Gasteiger partial charge in [-0.3, -0.25) is 4.98 Å². The standard InChI is InChI=1S/C21H24N4O/c1-26-20-16-18(9-11-22-20)24-12-14-25(15-13-24)19-8-5-10-23-21(19)17-6-3-2-4-7-17/h3,5-11,16H,2,4,12-15H2,1H3. The zero-order valence-electron chi connectivity index (χ0n) is 15.1. The van der Waals surface area contributed by atoms with Gasteiger partial charge in [-0.25, -0.2) is 4.98 Å². The summed E-state index contributed by atoms with van der Waals surface area (Å²) in [5, 5.41) is 0. The third-order valence-corrected chi connectivity index (χ3v) is 4.97. The highest BCUT2D eigenvalue weighted by atomic mass is 16.5. The molecule has 1 saturated heterocycles. The average molecular weight is 348 g/mol. The summed E-state index contributed by atoms with van der Waals surface area (Å²) >= 11 is 0. The maximum Gasteiger partial charge on any atom is 0.214 e. The lowest BCUT2D eigenvalue weighted by atomic mass is 10.0. The number of piperazine rings is 1. The first-order valence-corrected chi connectivity index (χ1v) is 9.17. The summed E-state index contributed by atoms with van der Waals surface area (Å²) in [6.45, 7) is 3.88. The number of methoxy groups -OCH3 is 1. The number of nitrogens with zero attached hydrogens (tertiary/aromatic N) is 4. The molecule has 0 bridgehead atoms. The van der Waals surface area contributed by atoms with E-state index in [2.05, 4.69) is 44.1 Å². The minimum Gasteiger partial charge on any atom is -0.481 e. The fourth-order valence-electron chi connectivity index (χ4n) is 3.58. The van der Waals surface area contributed by atoms with Gasteiger partial charge in [0.1, 0.15) is 0 Å². The molecule has 4 rings (SSSR count). The van der Waals surface area contributed by atoms with Crippen LogP contribution in [0.2, 0.25) is 0 Å². The van der Waals surface area contributed by atoms with Crippen LogP contribution < -0.4 is 14.5 Å². The van der Waals surface area contributed by atoms with E-state index < -0.39 is 0 Å². The maximum absolute atomic E-state index is 5.25. The Kier molecular flexibility index (Phi) is 4.86. The Bertz CT molecular complexity index is 822. The van der Waals surface area contributed by atoms with E-state index in [1.807, 2.05) is 30.6 Å². The van der Waals surface area contributed by atoms with Crippen LogP contribution in [0.5, 0.6) is 5.88 Å². The van der Waals surface area contributed by atoms with Gasteiger partial charge in [-0.05, 0) is 36.6 Å². The molecule has 26 heavy (non-hydrogen) atoms. The molecule has 2 aliphatic rings. The van der Waals surface area contributed by atoms with E-state index in [0.717, 1.165) is 44.7 Å². The van der Waals surface area contributed by atoms with E-state index in [0.29, 0.717) is 5.88 Å². The third-order valence-electron chi connectivity index (χ3n) is 4.97. The van der Waals surface area contributed by atoms with E-state index >= 15 is 0 Å². The molecule has 2 aromatic heterocycles. The molecule has 0 amide bonds. The van der Waals surface area contributed by atoms with Crippen LogP contribution in [0.4, 0.5) is 11.4 Å². The van der Waals surface area contributed by atoms with Crippen molar-refractivity contribution in [3.63, 3.8) is 0 Å². The molecule has 134 valence electrons. The van der Waals surface area contributed by atoms with Crippen LogP contribution in [0.25, 0.3) is 5.57 Å². The molecule has 1 fully saturated rings. The van der Waals surface area contributed by atoms with Crippen LogP contribution in [0.15, 0.2) is 54.9 Å². The molecule has 0 spiro atoms. The van der Waals surface area contributed by atoms with Gasteiger partial charge in [0.25, 0.3) is 0 Å². The number of hydrogen-bond acceptors (Lipinski definition) is 5. The normalized spacial score (nSPS) is 17.2. The molecule has 0 atom stereocenters. The Morgan fingerprint density at radius 2 is 1.81 bits per heavy atom. The second-order valence-corrected chi connectivity index (χ2v) is 6.54. The van der Waals surface area contributed by atoms with E-state index in [1.54, 1.807) is 7.11 Å². The summed E-state index contributed by atoms with van der Waals surface area (Å²) < 4.78 is 5.25. The van der Waals surface area contributed by atoms with Gasteiger partial charge in [-0.15, -0.1) is 0 Å². The first-order chi connectivity index (χ1) is 12.8. The number of allylic oxidation sites excluding steroid dienone is 4. The van der Waals surface area contributed by atoms with Gasteiger partial charge in [-0.1, -0.05) is 18.2 Å². The van der Waals surface area contributed by atoms with Crippen LogP contribution >= 0.6 is 0 Å². The van der Waals surface area contributed by atoms with Gasteiger partial charge in [0.15, 0.2) is 0 Å². The fourth-order valence-corrected chi connectivity index (χ4v) is 3.58. The third kappa shape index (κ3) is 3.43. The van der Waals surface area contributed by atoms with Crippen LogP contribution in [0, 0.1) is 0 Å². The molecule has 5 heteroatoms. The fraction of sp³-hybridized carbons (Fsp3) is 0.333. The number of anilines is 2. The average Bonchev–Trinajstić information content (AvgIpc) is 2.74. The van der Waals surface area contributed by atoms with E-state index in [9.17, 15) is 0 Å². The summed E-state index contributed by atoms with van der Waals surface area (Å²) in [5.41, 5.74) is 4.74. The van der Waals surface area contributed by atoms with Crippen molar-refractivity contribution in [1.82, 2.24) is 9.97 Å². The molecule has 5 nitrogen and oxygen atoms in total. The van der Waals surface area contributed by atoms with Gasteiger partial charge in [0.05, 0.1) is 18.5 Å². The van der Waals surface area contributed by atoms with Gasteiger partial charge in [0.2, 0.25) is 5.88 Å². The topological polar surface area (TPSA) is 41.5 Å². The number of pyridine rings is 2. The first-order valence-electron chi connectivity index (χ1n) is 9.17. The Labute approximate surface area is 154 Å². The predicted octanol–water partition coefficient (Wildman–Crippen LogP) is 3.55. The summed E-state index contributed by atoms with van der Waals surface area (Å²) in [7, 11) is 1.66. The van der Waals surface area contributed by atoms with Crippen LogP contribution in [-0.2, 0) is 0 Å². The minimum atomic E-state index is 0.662. The number of hydrogen-bond donors (Lipinski definition) is 0. The predicted molar refractivity (Wildman–Crippen MR) is 106 cm³/mol. The smallest absolute Gasteiger partial charge is 0.214 e. The Morgan fingerprint density at radius 3 is 2.58 bits per heavy atom. The molecule has 1 aliphatic carbocycles. The largest absolute Gasteiger partial charge is 0.481 e. The molecule has 0 radical (unpaired) electrons. The van der Waals surface area contributed by atoms with Crippen molar-refractivity contribution in [1.29, 1.82) is 0 Å². The summed E-state index contributed by atoms with van der Waals surface area (Å²) in [4.78, 5) is 13.7. The second kappa shape index (κ2) is 7.60. The van der Waals surface area contributed by atoms with E-state index in [-0.39, 0.29) is 0 Å². The highest BCUT2D eigenvalue weighted by Gasteiger charge is 2.21. The molecule has 0 N–H and O–H groups in total. The Balaban J connectivity index is 1.50. The zero-order valence-corrected chi connectivity index (χ0v) is 15.1. The molecule has 0 aromatic carbocycles. The van der Waals surface area contributed by atoms with Gasteiger partial charge in [-0.2, -0.15) is 0 Å². The maximum atomic E-state index is 5.25. The van der Waals surface area contributed by atoms with Crippen molar-refractivity contribution in [2.24, 2.45) is 0 Å². The van der Waals surface area contributed by atoms with Crippen LogP contribution in [0.1, 0.15) is 18.5 Å². The summed E-state index contributed by atoms with van der Waals surface area (Å²) in [6, 6.07) is 8.27. The molecule has 2 aromatic rings. The molecule has 0 saturated carbocycles. The number of ether oxygens (including phenoxy) is 1. The van der Waals surface area contributed by atoms with Crippen molar-refractivity contribution >= 4 is 16.9 Å². The van der Waals surface area contributed by atoms with Crippen molar-refractivity contribution in [2.45, 2.75) is 12.8 Å². The molecule has 1 aliphatic heterocycles. The minimum absolute atomic E-state index is 0.662. The van der Waals surface area contributed by atoms with E-state index in [4.69, 9.17) is 4.74 Å². The van der Waals surface area contributed by atoms with Crippen LogP contribution in [-0.4, -0.2) is 43.3 Å². The van der Waals surface area contributed by atoms with E-state index in [1.165, 1.54) is 16.9 Å². The summed E-state index contributed by atoms with van der Waals surface area (Å²) in [5.74, 6) is 0.662. The van der Waals surface area contributed by atoms with Crippen molar-refractivity contribution in [3.8, 4) is 5.88 Å². The lowest BCUT2D eigenvalue weighted by molar-refractivity contribution is 0.398. The van der Waals surface area contributed by atoms with Crippen molar-refractivity contribution in [2.75, 3.05) is 43.1 Å². The second-order valence-electron chi connectivity index (χ2n) is 6.54. The van der Waals surface area contributed by atoms with Gasteiger partial charge in [0, 0.05) is 50.3 Å². The lowest BCUT2D eigenvalue weighted by Crippen LogP contribution is -2.46.